The summed E-state index contributed by atoms with van der Waals surface area (Å²) in [6.45, 7) is 0.509. The Morgan fingerprint density at radius 3 is 2.39 bits per heavy atom. The van der Waals surface area contributed by atoms with Gasteiger partial charge in [0.15, 0.2) is 6.61 Å². The Balaban J connectivity index is 1.57. The molecule has 8 nitrogen and oxygen atoms in total. The van der Waals surface area contributed by atoms with Crippen molar-refractivity contribution in [3.8, 4) is 5.75 Å². The standard InChI is InChI=1S/C21H23ClN2O6S/c1-29-19-10-5-15(22)13-18(19)21(26)30-14-20(25)23-16-6-8-17(9-7-16)31(27,28)24-11-3-2-4-12-24/h5-10,13H,2-4,11-12,14H2,1H3,(H,23,25). The van der Waals surface area contributed by atoms with Crippen molar-refractivity contribution in [2.24, 2.45) is 0 Å². The molecular weight excluding hydrogens is 444 g/mol. The molecule has 0 radical (unpaired) electrons. The molecule has 0 aliphatic carbocycles. The molecule has 0 aromatic heterocycles. The summed E-state index contributed by atoms with van der Waals surface area (Å²) >= 11 is 5.89. The molecule has 1 fully saturated rings. The number of methoxy groups -OCH3 is 1. The van der Waals surface area contributed by atoms with Crippen molar-refractivity contribution >= 4 is 39.2 Å². The van der Waals surface area contributed by atoms with Crippen molar-refractivity contribution in [1.82, 2.24) is 4.31 Å². The van der Waals surface area contributed by atoms with E-state index < -0.39 is 28.5 Å². The van der Waals surface area contributed by atoms with Crippen LogP contribution in [0.1, 0.15) is 29.6 Å². The first-order valence-corrected chi connectivity index (χ1v) is 11.5. The number of hydrogen-bond donors (Lipinski definition) is 1. The normalized spacial score (nSPS) is 14.6. The summed E-state index contributed by atoms with van der Waals surface area (Å²) in [4.78, 5) is 24.5. The highest BCUT2D eigenvalue weighted by Crippen LogP contribution is 2.24. The maximum absolute atomic E-state index is 12.7. The van der Waals surface area contributed by atoms with Gasteiger partial charge in [-0.2, -0.15) is 4.31 Å². The lowest BCUT2D eigenvalue weighted by molar-refractivity contribution is -0.119. The van der Waals surface area contributed by atoms with E-state index in [1.807, 2.05) is 0 Å². The fourth-order valence-corrected chi connectivity index (χ4v) is 4.90. The predicted molar refractivity (Wildman–Crippen MR) is 116 cm³/mol. The number of anilines is 1. The minimum atomic E-state index is -3.54. The van der Waals surface area contributed by atoms with E-state index in [-0.39, 0.29) is 16.2 Å². The molecule has 1 heterocycles. The molecule has 1 amide bonds. The summed E-state index contributed by atoms with van der Waals surface area (Å²) in [5.41, 5.74) is 0.494. The fourth-order valence-electron chi connectivity index (χ4n) is 3.21. The quantitative estimate of drug-likeness (QED) is 0.628. The highest BCUT2D eigenvalue weighted by molar-refractivity contribution is 7.89. The number of carbonyl (C=O) groups is 2. The summed E-state index contributed by atoms with van der Waals surface area (Å²) in [6.07, 6.45) is 2.74. The molecule has 3 rings (SSSR count). The van der Waals surface area contributed by atoms with Crippen LogP contribution in [-0.4, -0.2) is 51.4 Å². The number of amides is 1. The van der Waals surface area contributed by atoms with Crippen molar-refractivity contribution in [3.05, 3.63) is 53.1 Å². The lowest BCUT2D eigenvalue weighted by atomic mass is 10.2. The number of nitrogens with one attached hydrogen (secondary N) is 1. The summed E-state index contributed by atoms with van der Waals surface area (Å²) in [7, 11) is -2.14. The van der Waals surface area contributed by atoms with Gasteiger partial charge in [-0.25, -0.2) is 13.2 Å². The number of ether oxygens (including phenoxy) is 2. The Morgan fingerprint density at radius 2 is 1.74 bits per heavy atom. The van der Waals surface area contributed by atoms with Gasteiger partial charge in [0.1, 0.15) is 11.3 Å². The molecule has 1 N–H and O–H groups in total. The molecule has 0 bridgehead atoms. The first kappa shape index (κ1) is 23.1. The number of benzene rings is 2. The molecular formula is C21H23ClN2O6S. The molecule has 2 aromatic rings. The molecule has 1 saturated heterocycles. The zero-order chi connectivity index (χ0) is 22.4. The Morgan fingerprint density at radius 1 is 1.06 bits per heavy atom. The highest BCUT2D eigenvalue weighted by atomic mass is 35.5. The van der Waals surface area contributed by atoms with E-state index in [1.54, 1.807) is 6.07 Å². The Hall–Kier alpha value is -2.62. The maximum atomic E-state index is 12.7. The van der Waals surface area contributed by atoms with Crippen molar-refractivity contribution in [2.45, 2.75) is 24.2 Å². The van der Waals surface area contributed by atoms with Gasteiger partial charge in [-0.15, -0.1) is 0 Å². The minimum Gasteiger partial charge on any atom is -0.496 e. The molecule has 166 valence electrons. The van der Waals surface area contributed by atoms with Crippen LogP contribution in [0.2, 0.25) is 5.02 Å². The summed E-state index contributed by atoms with van der Waals surface area (Å²) in [5, 5.41) is 2.90. The molecule has 0 atom stereocenters. The summed E-state index contributed by atoms with van der Waals surface area (Å²) < 4.78 is 36.9. The number of piperidine rings is 1. The summed E-state index contributed by atoms with van der Waals surface area (Å²) in [5.74, 6) is -1.04. The first-order chi connectivity index (χ1) is 14.8. The third kappa shape index (κ3) is 5.75. The second kappa shape index (κ2) is 10.1. The van der Waals surface area contributed by atoms with Gasteiger partial charge in [-0.05, 0) is 55.3 Å². The largest absolute Gasteiger partial charge is 0.496 e. The van der Waals surface area contributed by atoms with Crippen LogP contribution in [0.25, 0.3) is 0 Å². The topological polar surface area (TPSA) is 102 Å². The van der Waals surface area contributed by atoms with E-state index in [9.17, 15) is 18.0 Å². The van der Waals surface area contributed by atoms with E-state index in [0.29, 0.717) is 23.8 Å². The number of nitrogens with zero attached hydrogens (tertiary/aromatic N) is 1. The van der Waals surface area contributed by atoms with Crippen molar-refractivity contribution in [3.63, 3.8) is 0 Å². The average molecular weight is 467 g/mol. The van der Waals surface area contributed by atoms with Gasteiger partial charge in [0.25, 0.3) is 5.91 Å². The van der Waals surface area contributed by atoms with E-state index in [0.717, 1.165) is 19.3 Å². The zero-order valence-electron chi connectivity index (χ0n) is 17.0. The van der Waals surface area contributed by atoms with Gasteiger partial charge in [0, 0.05) is 23.8 Å². The van der Waals surface area contributed by atoms with E-state index in [2.05, 4.69) is 5.32 Å². The molecule has 0 spiro atoms. The van der Waals surface area contributed by atoms with Crippen LogP contribution < -0.4 is 10.1 Å². The number of esters is 1. The van der Waals surface area contributed by atoms with Crippen molar-refractivity contribution in [1.29, 1.82) is 0 Å². The monoisotopic (exact) mass is 466 g/mol. The Labute approximate surface area is 186 Å². The first-order valence-electron chi connectivity index (χ1n) is 9.72. The van der Waals surface area contributed by atoms with Gasteiger partial charge in [-0.1, -0.05) is 18.0 Å². The van der Waals surface area contributed by atoms with Crippen LogP contribution in [0.5, 0.6) is 5.75 Å². The van der Waals surface area contributed by atoms with Gasteiger partial charge in [-0.3, -0.25) is 4.79 Å². The third-order valence-corrected chi connectivity index (χ3v) is 6.95. The lowest BCUT2D eigenvalue weighted by Gasteiger charge is -2.25. The zero-order valence-corrected chi connectivity index (χ0v) is 18.5. The number of carbonyl (C=O) groups excluding carboxylic acids is 2. The third-order valence-electron chi connectivity index (χ3n) is 4.81. The molecule has 1 aliphatic heterocycles. The second-order valence-corrected chi connectivity index (χ2v) is 9.33. The number of halogens is 1. The number of rotatable bonds is 7. The molecule has 10 heteroatoms. The van der Waals surface area contributed by atoms with Crippen LogP contribution in [0.3, 0.4) is 0 Å². The SMILES string of the molecule is COc1ccc(Cl)cc1C(=O)OCC(=O)Nc1ccc(S(=O)(=O)N2CCCCC2)cc1. The highest BCUT2D eigenvalue weighted by Gasteiger charge is 2.25. The predicted octanol–water partition coefficient (Wildman–Crippen LogP) is 3.32. The second-order valence-electron chi connectivity index (χ2n) is 6.96. The van der Waals surface area contributed by atoms with E-state index in [1.165, 1.54) is 47.8 Å². The molecule has 31 heavy (non-hydrogen) atoms. The molecule has 2 aromatic carbocycles. The van der Waals surface area contributed by atoms with Gasteiger partial charge in [0.05, 0.1) is 12.0 Å². The van der Waals surface area contributed by atoms with E-state index in [4.69, 9.17) is 21.1 Å². The van der Waals surface area contributed by atoms with Crippen LogP contribution >= 0.6 is 11.6 Å². The molecule has 1 aliphatic rings. The Kier molecular flexibility index (Phi) is 7.53. The molecule has 0 saturated carbocycles. The van der Waals surface area contributed by atoms with Crippen LogP contribution in [-0.2, 0) is 19.6 Å². The number of hydrogen-bond acceptors (Lipinski definition) is 6. The van der Waals surface area contributed by atoms with Crippen LogP contribution in [0, 0.1) is 0 Å². The van der Waals surface area contributed by atoms with Gasteiger partial charge >= 0.3 is 5.97 Å². The Bertz CT molecular complexity index is 1050. The lowest BCUT2D eigenvalue weighted by Crippen LogP contribution is -2.35. The van der Waals surface area contributed by atoms with Gasteiger partial charge < -0.3 is 14.8 Å². The molecule has 0 unspecified atom stereocenters. The van der Waals surface area contributed by atoms with Crippen LogP contribution in [0.15, 0.2) is 47.4 Å². The average Bonchev–Trinajstić information content (AvgIpc) is 2.78. The number of sulfonamides is 1. The van der Waals surface area contributed by atoms with Crippen LogP contribution in [0.4, 0.5) is 5.69 Å². The smallest absolute Gasteiger partial charge is 0.342 e. The summed E-state index contributed by atoms with van der Waals surface area (Å²) in [6, 6.07) is 10.4. The van der Waals surface area contributed by atoms with Crippen molar-refractivity contribution < 1.29 is 27.5 Å². The van der Waals surface area contributed by atoms with Crippen molar-refractivity contribution in [2.75, 3.05) is 32.1 Å². The fraction of sp³-hybridized carbons (Fsp3) is 0.333. The minimum absolute atomic E-state index is 0.107. The van der Waals surface area contributed by atoms with E-state index >= 15 is 0 Å². The maximum Gasteiger partial charge on any atom is 0.342 e. The van der Waals surface area contributed by atoms with Gasteiger partial charge in [0.2, 0.25) is 10.0 Å².